The average molecular weight is 702 g/mol. The molecule has 181 valence electrons. The minimum absolute atomic E-state index is 0. The van der Waals surface area contributed by atoms with Gasteiger partial charge in [0, 0.05) is 72.4 Å². The third-order valence-electron chi connectivity index (χ3n) is 6.48. The van der Waals surface area contributed by atoms with Gasteiger partial charge in [-0.25, -0.2) is 4.98 Å². The summed E-state index contributed by atoms with van der Waals surface area (Å²) in [4.78, 5) is 16.9. The van der Waals surface area contributed by atoms with E-state index in [0.29, 0.717) is 18.5 Å². The van der Waals surface area contributed by atoms with Crippen molar-refractivity contribution in [2.75, 3.05) is 10.6 Å². The van der Waals surface area contributed by atoms with Crippen molar-refractivity contribution < 1.29 is 44.1 Å². The Labute approximate surface area is 246 Å². The van der Waals surface area contributed by atoms with Gasteiger partial charge < -0.3 is 20.9 Å². The largest absolute Gasteiger partial charge is 0.675 e. The number of hydrogen-bond donors (Lipinski definition) is 2. The van der Waals surface area contributed by atoms with E-state index in [-0.39, 0.29) is 56.1 Å². The van der Waals surface area contributed by atoms with Crippen LogP contribution in [0.5, 0.6) is 0 Å². The normalized spacial score (nSPS) is 18.0. The number of fused-ring (bicyclic) bond motifs is 1. The van der Waals surface area contributed by atoms with E-state index in [9.17, 15) is 0 Å². The van der Waals surface area contributed by atoms with Gasteiger partial charge in [0.15, 0.2) is 17.0 Å². The zero-order valence-corrected chi connectivity index (χ0v) is 26.1. The molecule has 0 spiro atoms. The molecular weight excluding hydrogens is 669 g/mol. The number of hydrogen-bond acceptors (Lipinski definition) is 6. The molecule has 0 saturated heterocycles. The molecule has 3 heterocycles. The Morgan fingerprint density at radius 3 is 2.46 bits per heavy atom. The smallest absolute Gasteiger partial charge is 0.227 e. The Morgan fingerprint density at radius 1 is 1.06 bits per heavy atom. The maximum Gasteiger partial charge on any atom is 0.227 e. The van der Waals surface area contributed by atoms with Crippen molar-refractivity contribution in [1.82, 2.24) is 19.5 Å². The first-order valence-electron chi connectivity index (χ1n) is 12.1. The van der Waals surface area contributed by atoms with Crippen LogP contribution in [-0.2, 0) is 6.54 Å². The van der Waals surface area contributed by atoms with Crippen molar-refractivity contribution in [3.63, 3.8) is 0 Å². The predicted octanol–water partition coefficient (Wildman–Crippen LogP) is 6.83. The molecule has 1 aliphatic rings. The van der Waals surface area contributed by atoms with Crippen LogP contribution in [0.2, 0.25) is 0 Å². The number of benzene rings is 1. The Kier molecular flexibility index (Phi) is 8.86. The molecule has 0 atom stereocenters. The molecule has 1 fully saturated rings. The van der Waals surface area contributed by atoms with Crippen LogP contribution in [0.25, 0.3) is 27.3 Å². The van der Waals surface area contributed by atoms with E-state index in [0.717, 1.165) is 42.7 Å². The Morgan fingerprint density at radius 2 is 1.80 bits per heavy atom. The fourth-order valence-electron chi connectivity index (χ4n) is 4.46. The number of aromatic nitrogens is 4. The summed E-state index contributed by atoms with van der Waals surface area (Å²) in [5, 5.41) is 7.04. The number of aryl methyl sites for hydroxylation is 1. The van der Waals surface area contributed by atoms with Crippen LogP contribution in [0.3, 0.4) is 0 Å². The van der Waals surface area contributed by atoms with Gasteiger partial charge in [-0.2, -0.15) is 9.97 Å². The molecule has 0 unspecified atom stereocenters. The molecule has 9 heteroatoms. The van der Waals surface area contributed by atoms with Gasteiger partial charge in [0.1, 0.15) is 0 Å². The van der Waals surface area contributed by atoms with E-state index < -0.39 is 0 Å². The van der Waals surface area contributed by atoms with Gasteiger partial charge in [-0.3, -0.25) is 0 Å². The minimum Gasteiger partial charge on any atom is -0.675 e. The molecule has 3 aromatic heterocycles. The maximum atomic E-state index is 7.96. The standard InChI is InChI=1S/C26H32N7S.Ac/c1-16(2)33-15-29-23-24(31-26(32-25(23)33)30-21-11-9-20(27)10-12-21)28-14-18-5-7-19(8-6-18)22-13-4-17(3)34-22;/h4-8,13,15-16,20-21,27H,9-12,14H2,1-3H3,(H2,28,30,31,32);/q-1;. The summed E-state index contributed by atoms with van der Waals surface area (Å²) in [6, 6.07) is 13.7. The molecule has 0 aliphatic heterocycles. The van der Waals surface area contributed by atoms with Crippen LogP contribution in [-0.4, -0.2) is 31.6 Å². The first-order chi connectivity index (χ1) is 16.5. The quantitative estimate of drug-likeness (QED) is 0.221. The van der Waals surface area contributed by atoms with Crippen LogP contribution >= 0.6 is 11.3 Å². The van der Waals surface area contributed by atoms with Crippen molar-refractivity contribution in [2.24, 2.45) is 0 Å². The molecule has 1 radical (unpaired) electrons. The van der Waals surface area contributed by atoms with E-state index in [2.05, 4.69) is 77.4 Å². The van der Waals surface area contributed by atoms with Crippen molar-refractivity contribution >= 4 is 34.3 Å². The summed E-state index contributed by atoms with van der Waals surface area (Å²) in [6.07, 6.45) is 5.67. The molecule has 0 bridgehead atoms. The van der Waals surface area contributed by atoms with Crippen LogP contribution in [0.4, 0.5) is 11.8 Å². The SMILES string of the molecule is Cc1ccc(-c2ccc(CNc3nc(NC4CCC([NH-])CC4)nc4c3ncn4C(C)C)cc2)s1.[Ac]. The summed E-state index contributed by atoms with van der Waals surface area (Å²) in [7, 11) is 0. The first kappa shape index (κ1) is 26.5. The zero-order chi connectivity index (χ0) is 23.7. The topological polar surface area (TPSA) is 91.5 Å². The number of anilines is 2. The fraction of sp³-hybridized carbons (Fsp3) is 0.423. The van der Waals surface area contributed by atoms with Crippen LogP contribution in [0.15, 0.2) is 42.7 Å². The molecular formula is C26H32AcN7S-. The van der Waals surface area contributed by atoms with Gasteiger partial charge in [-0.15, -0.1) is 17.4 Å². The summed E-state index contributed by atoms with van der Waals surface area (Å²) in [6.45, 7) is 7.07. The molecule has 4 aromatic rings. The molecule has 0 amide bonds. The monoisotopic (exact) mass is 701 g/mol. The fourth-order valence-corrected chi connectivity index (χ4v) is 5.34. The Bertz CT molecular complexity index is 1260. The second-order valence-electron chi connectivity index (χ2n) is 9.47. The van der Waals surface area contributed by atoms with Gasteiger partial charge in [0.05, 0.1) is 6.33 Å². The maximum absolute atomic E-state index is 7.96. The summed E-state index contributed by atoms with van der Waals surface area (Å²) in [5.41, 5.74) is 12.0. The molecule has 1 aliphatic carbocycles. The van der Waals surface area contributed by atoms with Crippen molar-refractivity contribution in [2.45, 2.75) is 71.1 Å². The predicted molar refractivity (Wildman–Crippen MR) is 142 cm³/mol. The third kappa shape index (κ3) is 6.25. The molecule has 35 heavy (non-hydrogen) atoms. The number of nitrogens with one attached hydrogen (secondary N) is 3. The number of nitrogens with zero attached hydrogens (tertiary/aromatic N) is 4. The second-order valence-corrected chi connectivity index (χ2v) is 10.8. The van der Waals surface area contributed by atoms with Gasteiger partial charge in [-0.1, -0.05) is 37.1 Å². The Balaban J connectivity index is 0.00000289. The van der Waals surface area contributed by atoms with E-state index in [1.807, 2.05) is 17.7 Å². The Hall–Kier alpha value is -1.53. The number of thiophene rings is 1. The molecule has 5 rings (SSSR count). The molecule has 3 N–H and O–H groups in total. The third-order valence-corrected chi connectivity index (χ3v) is 7.53. The zero-order valence-electron chi connectivity index (χ0n) is 20.6. The number of imidazole rings is 1. The van der Waals surface area contributed by atoms with Crippen LogP contribution < -0.4 is 10.6 Å². The molecule has 7 nitrogen and oxygen atoms in total. The number of rotatable bonds is 7. The van der Waals surface area contributed by atoms with Gasteiger partial charge in [-0.05, 0) is 56.9 Å². The van der Waals surface area contributed by atoms with Gasteiger partial charge >= 0.3 is 0 Å². The van der Waals surface area contributed by atoms with Gasteiger partial charge in [0.2, 0.25) is 5.95 Å². The van der Waals surface area contributed by atoms with Crippen molar-refractivity contribution in [3.8, 4) is 10.4 Å². The van der Waals surface area contributed by atoms with Crippen LogP contribution in [0.1, 0.15) is 56.0 Å². The van der Waals surface area contributed by atoms with Crippen molar-refractivity contribution in [3.05, 3.63) is 58.9 Å². The second kappa shape index (κ2) is 11.7. The van der Waals surface area contributed by atoms with Gasteiger partial charge in [0.25, 0.3) is 0 Å². The van der Waals surface area contributed by atoms with Crippen LogP contribution in [0, 0.1) is 51.0 Å². The van der Waals surface area contributed by atoms with Crippen molar-refractivity contribution in [1.29, 1.82) is 0 Å². The average Bonchev–Trinajstić information content (AvgIpc) is 3.46. The first-order valence-corrected chi connectivity index (χ1v) is 12.9. The van der Waals surface area contributed by atoms with E-state index in [1.54, 1.807) is 0 Å². The summed E-state index contributed by atoms with van der Waals surface area (Å²) >= 11 is 1.82. The summed E-state index contributed by atoms with van der Waals surface area (Å²) < 4.78 is 2.09. The van der Waals surface area contributed by atoms with E-state index >= 15 is 0 Å². The molecule has 1 saturated carbocycles. The van der Waals surface area contributed by atoms with E-state index in [4.69, 9.17) is 15.7 Å². The minimum atomic E-state index is 0. The summed E-state index contributed by atoms with van der Waals surface area (Å²) in [5.74, 6) is 1.38. The van der Waals surface area contributed by atoms with E-state index in [1.165, 1.54) is 20.9 Å². The molecule has 1 aromatic carbocycles.